The van der Waals surface area contributed by atoms with Crippen molar-refractivity contribution in [2.45, 2.75) is 12.8 Å². The van der Waals surface area contributed by atoms with Gasteiger partial charge >= 0.3 is 11.9 Å². The van der Waals surface area contributed by atoms with Crippen LogP contribution in [0.2, 0.25) is 0 Å². The molecule has 0 bridgehead atoms. The molecule has 1 aliphatic heterocycles. The Hall–Kier alpha value is -1.93. The second-order valence-electron chi connectivity index (χ2n) is 4.79. The summed E-state index contributed by atoms with van der Waals surface area (Å²) in [5, 5.41) is 19.0. The highest BCUT2D eigenvalue weighted by atomic mass is 79.9. The molecule has 8 heteroatoms. The molecule has 0 radical (unpaired) electrons. The summed E-state index contributed by atoms with van der Waals surface area (Å²) >= 11 is 3.36. The van der Waals surface area contributed by atoms with Crippen molar-refractivity contribution in [2.24, 2.45) is 0 Å². The van der Waals surface area contributed by atoms with E-state index in [1.807, 2.05) is 12.3 Å². The van der Waals surface area contributed by atoms with E-state index in [1.165, 1.54) is 18.5 Å². The lowest BCUT2D eigenvalue weighted by Crippen LogP contribution is -2.33. The van der Waals surface area contributed by atoms with Gasteiger partial charge in [-0.2, -0.15) is 0 Å². The Balaban J connectivity index is 0.000000284. The molecule has 0 amide bonds. The predicted octanol–water partition coefficient (Wildman–Crippen LogP) is 1.75. The number of pyridine rings is 1. The first-order chi connectivity index (χ1) is 11.0. The third-order valence-corrected chi connectivity index (χ3v) is 3.48. The molecule has 2 heterocycles. The van der Waals surface area contributed by atoms with E-state index in [-0.39, 0.29) is 0 Å². The highest BCUT2D eigenvalue weighted by Gasteiger charge is 2.08. The average Bonchev–Trinajstić information content (AvgIpc) is 2.47. The van der Waals surface area contributed by atoms with E-state index < -0.39 is 11.9 Å². The number of aliphatic carboxylic acids is 2. The lowest BCUT2D eigenvalue weighted by molar-refractivity contribution is -0.134. The van der Waals surface area contributed by atoms with E-state index in [9.17, 15) is 9.59 Å². The minimum Gasteiger partial charge on any atom is -0.478 e. The molecule has 1 aromatic heterocycles. The topological polar surface area (TPSA) is 103 Å². The Morgan fingerprint density at radius 3 is 2.13 bits per heavy atom. The second kappa shape index (κ2) is 10.7. The molecule has 7 nitrogen and oxygen atoms in total. The van der Waals surface area contributed by atoms with Crippen molar-refractivity contribution in [2.75, 3.05) is 31.1 Å². The van der Waals surface area contributed by atoms with Crippen LogP contribution in [0, 0.1) is 0 Å². The quantitative estimate of drug-likeness (QED) is 0.537. The van der Waals surface area contributed by atoms with Crippen LogP contribution in [-0.4, -0.2) is 53.3 Å². The van der Waals surface area contributed by atoms with Crippen molar-refractivity contribution < 1.29 is 19.8 Å². The van der Waals surface area contributed by atoms with Crippen LogP contribution in [0.4, 0.5) is 5.69 Å². The molecule has 3 N–H and O–H groups in total. The first kappa shape index (κ1) is 19.1. The van der Waals surface area contributed by atoms with Gasteiger partial charge in [-0.3, -0.25) is 0 Å². The summed E-state index contributed by atoms with van der Waals surface area (Å²) in [6, 6.07) is 4.14. The van der Waals surface area contributed by atoms with Gasteiger partial charge in [0.05, 0.1) is 11.9 Å². The molecular weight excluding hydrogens is 366 g/mol. The van der Waals surface area contributed by atoms with Crippen LogP contribution in [0.15, 0.2) is 35.1 Å². The number of carbonyl (C=O) groups is 2. The molecule has 1 fully saturated rings. The van der Waals surface area contributed by atoms with Crippen molar-refractivity contribution in [3.05, 3.63) is 35.1 Å². The number of carboxylic acid groups (broad SMARTS) is 2. The predicted molar refractivity (Wildman–Crippen MR) is 90.7 cm³/mol. The Bertz CT molecular complexity index is 510. The maximum atomic E-state index is 9.55. The van der Waals surface area contributed by atoms with Crippen molar-refractivity contribution >= 4 is 33.6 Å². The third-order valence-electron chi connectivity index (χ3n) is 3.01. The fourth-order valence-corrected chi connectivity index (χ4v) is 2.22. The number of hydrogen-bond donors (Lipinski definition) is 3. The van der Waals surface area contributed by atoms with E-state index in [0.29, 0.717) is 12.2 Å². The molecule has 0 unspecified atom stereocenters. The molecule has 126 valence electrons. The summed E-state index contributed by atoms with van der Waals surface area (Å²) in [4.78, 5) is 25.8. The Morgan fingerprint density at radius 1 is 1.13 bits per heavy atom. The summed E-state index contributed by atoms with van der Waals surface area (Å²) < 4.78 is 0.903. The number of hydrogen-bond acceptors (Lipinski definition) is 5. The van der Waals surface area contributed by atoms with Gasteiger partial charge in [0.25, 0.3) is 0 Å². The van der Waals surface area contributed by atoms with E-state index in [4.69, 9.17) is 10.2 Å². The molecule has 0 aromatic carbocycles. The standard InChI is InChI=1S/C11H16BrN3.C4H4O4/c12-11-4-3-10(9-14-11)15-7-1-5-13-6-2-8-15;5-3(6)1-2-4(7)8/h3-4,9,13H,1-2,5-8H2;1-2H,(H,5,6)(H,7,8)/b;2-1+. The number of nitrogens with zero attached hydrogens (tertiary/aromatic N) is 2. The van der Waals surface area contributed by atoms with Gasteiger partial charge in [0, 0.05) is 25.2 Å². The summed E-state index contributed by atoms with van der Waals surface area (Å²) in [6.07, 6.45) is 5.47. The Morgan fingerprint density at radius 2 is 1.70 bits per heavy atom. The van der Waals surface area contributed by atoms with Crippen LogP contribution in [0.5, 0.6) is 0 Å². The van der Waals surface area contributed by atoms with E-state index in [0.717, 1.165) is 30.8 Å². The normalized spacial score (nSPS) is 15.3. The van der Waals surface area contributed by atoms with Gasteiger partial charge in [-0.05, 0) is 54.0 Å². The fourth-order valence-electron chi connectivity index (χ4n) is 1.98. The monoisotopic (exact) mass is 385 g/mol. The average molecular weight is 386 g/mol. The molecule has 0 spiro atoms. The Kier molecular flexibility index (Phi) is 8.93. The van der Waals surface area contributed by atoms with Gasteiger partial charge in [0.1, 0.15) is 4.60 Å². The van der Waals surface area contributed by atoms with Crippen LogP contribution in [0.3, 0.4) is 0 Å². The minimum atomic E-state index is -1.26. The van der Waals surface area contributed by atoms with E-state index in [1.54, 1.807) is 0 Å². The molecule has 23 heavy (non-hydrogen) atoms. The summed E-state index contributed by atoms with van der Waals surface area (Å²) in [5.41, 5.74) is 1.24. The zero-order valence-corrected chi connectivity index (χ0v) is 14.2. The van der Waals surface area contributed by atoms with Crippen LogP contribution in [-0.2, 0) is 9.59 Å². The first-order valence-electron chi connectivity index (χ1n) is 7.20. The summed E-state index contributed by atoms with van der Waals surface area (Å²) in [7, 11) is 0. The van der Waals surface area contributed by atoms with Gasteiger partial charge in [0.15, 0.2) is 0 Å². The highest BCUT2D eigenvalue weighted by molar-refractivity contribution is 9.10. The third kappa shape index (κ3) is 8.94. The largest absolute Gasteiger partial charge is 0.478 e. The molecule has 0 saturated carbocycles. The van der Waals surface area contributed by atoms with Gasteiger partial charge < -0.3 is 20.4 Å². The number of aromatic nitrogens is 1. The fraction of sp³-hybridized carbons (Fsp3) is 0.400. The highest BCUT2D eigenvalue weighted by Crippen LogP contribution is 2.16. The summed E-state index contributed by atoms with van der Waals surface area (Å²) in [6.45, 7) is 4.49. The van der Waals surface area contributed by atoms with Crippen molar-refractivity contribution in [1.29, 1.82) is 0 Å². The van der Waals surface area contributed by atoms with Gasteiger partial charge in [-0.25, -0.2) is 14.6 Å². The molecule has 0 aliphatic carbocycles. The molecular formula is C15H20BrN3O4. The number of nitrogens with one attached hydrogen (secondary N) is 1. The maximum Gasteiger partial charge on any atom is 0.328 e. The minimum absolute atomic E-state index is 0.558. The van der Waals surface area contributed by atoms with Crippen molar-refractivity contribution in [3.8, 4) is 0 Å². The zero-order chi connectivity index (χ0) is 17.1. The maximum absolute atomic E-state index is 9.55. The lowest BCUT2D eigenvalue weighted by Gasteiger charge is -2.26. The van der Waals surface area contributed by atoms with Gasteiger partial charge in [-0.15, -0.1) is 0 Å². The Labute approximate surface area is 143 Å². The van der Waals surface area contributed by atoms with E-state index >= 15 is 0 Å². The number of anilines is 1. The SMILES string of the molecule is Brc1ccc(N2CCCNCCC2)cn1.O=C(O)/C=C/C(=O)O. The molecule has 1 saturated heterocycles. The van der Waals surface area contributed by atoms with Gasteiger partial charge in [-0.1, -0.05) is 0 Å². The number of carboxylic acids is 2. The zero-order valence-electron chi connectivity index (χ0n) is 12.6. The molecule has 2 rings (SSSR count). The van der Waals surface area contributed by atoms with Gasteiger partial charge in [0.2, 0.25) is 0 Å². The molecule has 1 aromatic rings. The number of rotatable bonds is 3. The van der Waals surface area contributed by atoms with Crippen molar-refractivity contribution in [3.63, 3.8) is 0 Å². The number of halogens is 1. The van der Waals surface area contributed by atoms with Crippen LogP contribution in [0.1, 0.15) is 12.8 Å². The molecule has 1 aliphatic rings. The van der Waals surface area contributed by atoms with Crippen LogP contribution >= 0.6 is 15.9 Å². The lowest BCUT2D eigenvalue weighted by atomic mass is 10.2. The summed E-state index contributed by atoms with van der Waals surface area (Å²) in [5.74, 6) is -2.51. The smallest absolute Gasteiger partial charge is 0.328 e. The second-order valence-corrected chi connectivity index (χ2v) is 5.61. The van der Waals surface area contributed by atoms with Crippen LogP contribution in [0.25, 0.3) is 0 Å². The first-order valence-corrected chi connectivity index (χ1v) is 7.99. The molecule has 0 atom stereocenters. The van der Waals surface area contributed by atoms with Crippen molar-refractivity contribution in [1.82, 2.24) is 10.3 Å². The van der Waals surface area contributed by atoms with Crippen LogP contribution < -0.4 is 10.2 Å². The van der Waals surface area contributed by atoms with E-state index in [2.05, 4.69) is 37.2 Å².